The molecule has 0 radical (unpaired) electrons. The van der Waals surface area contributed by atoms with Gasteiger partial charge in [0.25, 0.3) is 0 Å². The highest BCUT2D eigenvalue weighted by molar-refractivity contribution is 7.99. The van der Waals surface area contributed by atoms with Gasteiger partial charge >= 0.3 is 0 Å². The lowest BCUT2D eigenvalue weighted by Gasteiger charge is -2.21. The molecular formula is C13H16N2S. The van der Waals surface area contributed by atoms with Crippen molar-refractivity contribution in [3.05, 3.63) is 29.3 Å². The number of benzene rings is 1. The summed E-state index contributed by atoms with van der Waals surface area (Å²) in [7, 11) is 3.89. The minimum Gasteiger partial charge on any atom is -0.291 e. The topological polar surface area (TPSA) is 27.0 Å². The Balaban J connectivity index is 2.33. The van der Waals surface area contributed by atoms with Gasteiger partial charge in [-0.05, 0) is 49.9 Å². The average Bonchev–Trinajstić information content (AvgIpc) is 2.29. The zero-order valence-corrected chi connectivity index (χ0v) is 10.5. The van der Waals surface area contributed by atoms with Crippen LogP contribution < -0.4 is 0 Å². The first kappa shape index (κ1) is 11.5. The first-order valence-corrected chi connectivity index (χ1v) is 6.52. The van der Waals surface area contributed by atoms with Gasteiger partial charge in [0.1, 0.15) is 6.04 Å². The molecule has 1 heterocycles. The molecule has 0 aliphatic carbocycles. The highest BCUT2D eigenvalue weighted by Crippen LogP contribution is 2.32. The van der Waals surface area contributed by atoms with Crippen molar-refractivity contribution < 1.29 is 0 Å². The van der Waals surface area contributed by atoms with Crippen LogP contribution in [0.2, 0.25) is 0 Å². The summed E-state index contributed by atoms with van der Waals surface area (Å²) in [5, 5.41) is 9.16. The smallest absolute Gasteiger partial charge is 0.123 e. The Hall–Kier alpha value is -0.980. The third-order valence-electron chi connectivity index (χ3n) is 2.89. The van der Waals surface area contributed by atoms with Crippen LogP contribution >= 0.6 is 11.8 Å². The molecule has 0 fully saturated rings. The molecule has 2 rings (SSSR count). The van der Waals surface area contributed by atoms with E-state index in [-0.39, 0.29) is 6.04 Å². The molecule has 3 heteroatoms. The third-order valence-corrected chi connectivity index (χ3v) is 4.09. The van der Waals surface area contributed by atoms with Crippen molar-refractivity contribution in [1.82, 2.24) is 4.90 Å². The Bertz CT molecular complexity index is 420. The van der Waals surface area contributed by atoms with E-state index in [0.29, 0.717) is 0 Å². The average molecular weight is 232 g/mol. The molecule has 0 aromatic heterocycles. The maximum Gasteiger partial charge on any atom is 0.123 e. The van der Waals surface area contributed by atoms with Crippen LogP contribution in [0.3, 0.4) is 0 Å². The Morgan fingerprint density at radius 1 is 1.44 bits per heavy atom. The Kier molecular flexibility index (Phi) is 3.52. The largest absolute Gasteiger partial charge is 0.291 e. The predicted octanol–water partition coefficient (Wildman–Crippen LogP) is 2.85. The SMILES string of the molecule is CN(C)C(C#N)c1ccc2c(c1)CCCS2. The molecule has 16 heavy (non-hydrogen) atoms. The van der Waals surface area contributed by atoms with Crippen molar-refractivity contribution in [2.75, 3.05) is 19.8 Å². The second-order valence-corrected chi connectivity index (χ2v) is 5.45. The van der Waals surface area contributed by atoms with Gasteiger partial charge in [0.15, 0.2) is 0 Å². The summed E-state index contributed by atoms with van der Waals surface area (Å²) in [6.07, 6.45) is 2.40. The molecule has 0 saturated carbocycles. The number of fused-ring (bicyclic) bond motifs is 1. The second-order valence-electron chi connectivity index (χ2n) is 4.31. The van der Waals surface area contributed by atoms with Gasteiger partial charge in [-0.25, -0.2) is 0 Å². The molecule has 1 aromatic carbocycles. The number of rotatable bonds is 2. The van der Waals surface area contributed by atoms with E-state index < -0.39 is 0 Å². The van der Waals surface area contributed by atoms with Crippen LogP contribution in [-0.2, 0) is 6.42 Å². The maximum absolute atomic E-state index is 9.16. The molecule has 1 aliphatic heterocycles. The number of hydrogen-bond acceptors (Lipinski definition) is 3. The van der Waals surface area contributed by atoms with Crippen LogP contribution in [-0.4, -0.2) is 24.7 Å². The van der Waals surface area contributed by atoms with Gasteiger partial charge in [-0.15, -0.1) is 11.8 Å². The van der Waals surface area contributed by atoms with Crippen molar-refractivity contribution in [2.24, 2.45) is 0 Å². The standard InChI is InChI=1S/C13H16N2S/c1-15(2)12(9-14)10-5-6-13-11(8-10)4-3-7-16-13/h5-6,8,12H,3-4,7H2,1-2H3. The molecule has 0 amide bonds. The highest BCUT2D eigenvalue weighted by atomic mass is 32.2. The molecule has 1 aliphatic rings. The molecule has 0 saturated heterocycles. The maximum atomic E-state index is 9.16. The molecular weight excluding hydrogens is 216 g/mol. The zero-order valence-electron chi connectivity index (χ0n) is 9.73. The van der Waals surface area contributed by atoms with Crippen LogP contribution in [0.15, 0.2) is 23.1 Å². The van der Waals surface area contributed by atoms with Gasteiger partial charge in [0.2, 0.25) is 0 Å². The van der Waals surface area contributed by atoms with Crippen molar-refractivity contribution in [3.63, 3.8) is 0 Å². The summed E-state index contributed by atoms with van der Waals surface area (Å²) in [5.41, 5.74) is 2.53. The lowest BCUT2D eigenvalue weighted by Crippen LogP contribution is -2.18. The number of nitriles is 1. The zero-order chi connectivity index (χ0) is 11.5. The van der Waals surface area contributed by atoms with Gasteiger partial charge in [-0.3, -0.25) is 4.90 Å². The molecule has 1 unspecified atom stereocenters. The number of aryl methyl sites for hydroxylation is 1. The van der Waals surface area contributed by atoms with Crippen LogP contribution in [0.25, 0.3) is 0 Å². The molecule has 0 spiro atoms. The lowest BCUT2D eigenvalue weighted by molar-refractivity contribution is 0.358. The van der Waals surface area contributed by atoms with E-state index in [1.165, 1.54) is 22.6 Å². The van der Waals surface area contributed by atoms with Crippen molar-refractivity contribution in [3.8, 4) is 6.07 Å². The summed E-state index contributed by atoms with van der Waals surface area (Å²) < 4.78 is 0. The Morgan fingerprint density at radius 2 is 2.25 bits per heavy atom. The Morgan fingerprint density at radius 3 is 2.94 bits per heavy atom. The summed E-state index contributed by atoms with van der Waals surface area (Å²) >= 11 is 1.93. The second kappa shape index (κ2) is 4.90. The molecule has 0 bridgehead atoms. The van der Waals surface area contributed by atoms with E-state index in [1.807, 2.05) is 30.8 Å². The van der Waals surface area contributed by atoms with E-state index in [0.717, 1.165) is 12.0 Å². The van der Waals surface area contributed by atoms with Crippen LogP contribution in [0.5, 0.6) is 0 Å². The van der Waals surface area contributed by atoms with Gasteiger partial charge in [-0.2, -0.15) is 5.26 Å². The third kappa shape index (κ3) is 2.23. The van der Waals surface area contributed by atoms with Crippen LogP contribution in [0.1, 0.15) is 23.6 Å². The Labute approximate surface area is 101 Å². The fourth-order valence-corrected chi connectivity index (χ4v) is 3.06. The molecule has 2 nitrogen and oxygen atoms in total. The molecule has 1 atom stereocenters. The van der Waals surface area contributed by atoms with E-state index in [1.54, 1.807) is 0 Å². The van der Waals surface area contributed by atoms with Crippen LogP contribution in [0.4, 0.5) is 0 Å². The number of nitrogens with zero attached hydrogens (tertiary/aromatic N) is 2. The monoisotopic (exact) mass is 232 g/mol. The fourth-order valence-electron chi connectivity index (χ4n) is 2.04. The summed E-state index contributed by atoms with van der Waals surface area (Å²) in [6.45, 7) is 0. The lowest BCUT2D eigenvalue weighted by atomic mass is 10.0. The van der Waals surface area contributed by atoms with E-state index in [4.69, 9.17) is 5.26 Å². The highest BCUT2D eigenvalue weighted by Gasteiger charge is 2.16. The molecule has 84 valence electrons. The summed E-state index contributed by atoms with van der Waals surface area (Å²) in [4.78, 5) is 3.35. The fraction of sp³-hybridized carbons (Fsp3) is 0.462. The van der Waals surface area contributed by atoms with Crippen LogP contribution in [0, 0.1) is 11.3 Å². The van der Waals surface area contributed by atoms with E-state index >= 15 is 0 Å². The van der Waals surface area contributed by atoms with Gasteiger partial charge in [-0.1, -0.05) is 12.1 Å². The molecule has 0 N–H and O–H groups in total. The van der Waals surface area contributed by atoms with Crippen molar-refractivity contribution in [1.29, 1.82) is 5.26 Å². The normalized spacial score (nSPS) is 16.6. The first-order valence-electron chi connectivity index (χ1n) is 5.54. The van der Waals surface area contributed by atoms with Gasteiger partial charge in [0.05, 0.1) is 6.07 Å². The molecule has 1 aromatic rings. The minimum atomic E-state index is -0.128. The van der Waals surface area contributed by atoms with Crippen molar-refractivity contribution >= 4 is 11.8 Å². The van der Waals surface area contributed by atoms with Crippen molar-refractivity contribution in [2.45, 2.75) is 23.8 Å². The number of thioether (sulfide) groups is 1. The summed E-state index contributed by atoms with van der Waals surface area (Å²) in [5.74, 6) is 1.22. The minimum absolute atomic E-state index is 0.128. The number of hydrogen-bond donors (Lipinski definition) is 0. The van der Waals surface area contributed by atoms with Gasteiger partial charge in [0, 0.05) is 4.90 Å². The van der Waals surface area contributed by atoms with E-state index in [9.17, 15) is 0 Å². The van der Waals surface area contributed by atoms with E-state index in [2.05, 4.69) is 24.3 Å². The quantitative estimate of drug-likeness (QED) is 0.784. The first-order chi connectivity index (χ1) is 7.72. The van der Waals surface area contributed by atoms with Gasteiger partial charge < -0.3 is 0 Å². The summed E-state index contributed by atoms with van der Waals surface area (Å²) in [6, 6.07) is 8.68. The predicted molar refractivity (Wildman–Crippen MR) is 67.5 cm³/mol.